The standard InChI is InChI=1S/C18H27N3O2/c1-2-3-4-8-13-21-18(17(15-22)19-20-21)12-9-14-23-16-10-6-5-7-11-16/h5-7,10-11,22H,2-4,8-9,12-15H2,1H3. The molecule has 0 aliphatic rings. The number of nitrogens with zero attached hydrogens (tertiary/aromatic N) is 3. The van der Waals surface area contributed by atoms with Crippen LogP contribution in [0.15, 0.2) is 30.3 Å². The van der Waals surface area contributed by atoms with Crippen LogP contribution in [-0.4, -0.2) is 26.7 Å². The summed E-state index contributed by atoms with van der Waals surface area (Å²) < 4.78 is 7.67. The molecule has 1 aromatic heterocycles. The number of hydrogen-bond donors (Lipinski definition) is 1. The van der Waals surface area contributed by atoms with Gasteiger partial charge in [0.05, 0.1) is 18.9 Å². The van der Waals surface area contributed by atoms with E-state index < -0.39 is 0 Å². The lowest BCUT2D eigenvalue weighted by Gasteiger charge is -2.09. The van der Waals surface area contributed by atoms with Crippen LogP contribution in [0.5, 0.6) is 5.75 Å². The van der Waals surface area contributed by atoms with E-state index in [1.165, 1.54) is 19.3 Å². The molecule has 5 heteroatoms. The number of ether oxygens (including phenoxy) is 1. The quantitative estimate of drug-likeness (QED) is 0.646. The third-order valence-corrected chi connectivity index (χ3v) is 3.86. The van der Waals surface area contributed by atoms with Gasteiger partial charge in [-0.1, -0.05) is 49.6 Å². The highest BCUT2D eigenvalue weighted by Gasteiger charge is 2.11. The SMILES string of the molecule is CCCCCCn1nnc(CO)c1CCCOc1ccccc1. The van der Waals surface area contributed by atoms with Gasteiger partial charge in [0.25, 0.3) is 0 Å². The van der Waals surface area contributed by atoms with Gasteiger partial charge < -0.3 is 9.84 Å². The lowest BCUT2D eigenvalue weighted by Crippen LogP contribution is -2.09. The highest BCUT2D eigenvalue weighted by molar-refractivity contribution is 5.20. The van der Waals surface area contributed by atoms with Crippen LogP contribution in [-0.2, 0) is 19.6 Å². The van der Waals surface area contributed by atoms with E-state index in [-0.39, 0.29) is 6.61 Å². The molecule has 0 fully saturated rings. The van der Waals surface area contributed by atoms with Crippen LogP contribution in [0, 0.1) is 0 Å². The molecule has 0 bridgehead atoms. The number of aryl methyl sites for hydroxylation is 1. The first-order valence-corrected chi connectivity index (χ1v) is 8.55. The number of unbranched alkanes of at least 4 members (excludes halogenated alkanes) is 3. The van der Waals surface area contributed by atoms with Crippen molar-refractivity contribution < 1.29 is 9.84 Å². The number of rotatable bonds is 11. The maximum atomic E-state index is 9.43. The molecule has 0 aliphatic heterocycles. The second-order valence-electron chi connectivity index (χ2n) is 5.69. The van der Waals surface area contributed by atoms with Gasteiger partial charge in [-0.25, -0.2) is 4.68 Å². The Labute approximate surface area is 138 Å². The Morgan fingerprint density at radius 1 is 1.09 bits per heavy atom. The van der Waals surface area contributed by atoms with E-state index in [9.17, 15) is 5.11 Å². The van der Waals surface area contributed by atoms with Gasteiger partial charge in [-0.2, -0.15) is 0 Å². The molecule has 23 heavy (non-hydrogen) atoms. The van der Waals surface area contributed by atoms with Crippen LogP contribution in [0.4, 0.5) is 0 Å². The fourth-order valence-corrected chi connectivity index (χ4v) is 2.58. The second-order valence-corrected chi connectivity index (χ2v) is 5.69. The fourth-order valence-electron chi connectivity index (χ4n) is 2.58. The fraction of sp³-hybridized carbons (Fsp3) is 0.556. The molecule has 0 atom stereocenters. The Morgan fingerprint density at radius 2 is 1.91 bits per heavy atom. The molecule has 126 valence electrons. The highest BCUT2D eigenvalue weighted by atomic mass is 16.5. The van der Waals surface area contributed by atoms with Gasteiger partial charge in [-0.05, 0) is 31.4 Å². The van der Waals surface area contributed by atoms with Gasteiger partial charge in [0.15, 0.2) is 0 Å². The second kappa shape index (κ2) is 10.0. The van der Waals surface area contributed by atoms with E-state index >= 15 is 0 Å². The minimum absolute atomic E-state index is 0.0518. The van der Waals surface area contributed by atoms with Crippen LogP contribution in [0.1, 0.15) is 50.4 Å². The van der Waals surface area contributed by atoms with E-state index in [4.69, 9.17) is 4.74 Å². The van der Waals surface area contributed by atoms with Crippen LogP contribution in [0.25, 0.3) is 0 Å². The molecule has 0 radical (unpaired) electrons. The highest BCUT2D eigenvalue weighted by Crippen LogP contribution is 2.13. The normalized spacial score (nSPS) is 10.9. The van der Waals surface area contributed by atoms with Crippen molar-refractivity contribution in [3.05, 3.63) is 41.7 Å². The van der Waals surface area contributed by atoms with Gasteiger partial charge in [-0.15, -0.1) is 5.10 Å². The molecule has 1 aromatic carbocycles. The summed E-state index contributed by atoms with van der Waals surface area (Å²) >= 11 is 0. The predicted molar refractivity (Wildman–Crippen MR) is 90.3 cm³/mol. The molecule has 0 amide bonds. The Hall–Kier alpha value is -1.88. The van der Waals surface area contributed by atoms with Crippen molar-refractivity contribution in [2.24, 2.45) is 0 Å². The monoisotopic (exact) mass is 317 g/mol. The number of benzene rings is 1. The van der Waals surface area contributed by atoms with Crippen molar-refractivity contribution in [1.29, 1.82) is 0 Å². The molecule has 1 N–H and O–H groups in total. The number of aliphatic hydroxyl groups excluding tert-OH is 1. The Balaban J connectivity index is 1.81. The van der Waals surface area contributed by atoms with Crippen molar-refractivity contribution in [1.82, 2.24) is 15.0 Å². The first kappa shape index (κ1) is 17.5. The molecule has 5 nitrogen and oxygen atoms in total. The lowest BCUT2D eigenvalue weighted by atomic mass is 10.2. The molecule has 0 aliphatic carbocycles. The van der Waals surface area contributed by atoms with Crippen molar-refractivity contribution in [2.75, 3.05) is 6.61 Å². The molecular weight excluding hydrogens is 290 g/mol. The minimum Gasteiger partial charge on any atom is -0.494 e. The zero-order chi connectivity index (χ0) is 16.3. The maximum Gasteiger partial charge on any atom is 0.119 e. The molecule has 0 unspecified atom stereocenters. The molecule has 1 heterocycles. The van der Waals surface area contributed by atoms with Gasteiger partial charge in [0.2, 0.25) is 0 Å². The minimum atomic E-state index is -0.0518. The summed E-state index contributed by atoms with van der Waals surface area (Å²) in [5.74, 6) is 0.890. The van der Waals surface area contributed by atoms with Gasteiger partial charge in [0, 0.05) is 6.54 Å². The summed E-state index contributed by atoms with van der Waals surface area (Å²) in [7, 11) is 0. The van der Waals surface area contributed by atoms with Crippen LogP contribution < -0.4 is 4.74 Å². The van der Waals surface area contributed by atoms with Crippen molar-refractivity contribution in [3.8, 4) is 5.75 Å². The third-order valence-electron chi connectivity index (χ3n) is 3.86. The predicted octanol–water partition coefficient (Wildman–Crippen LogP) is 3.36. The topological polar surface area (TPSA) is 60.2 Å². The average Bonchev–Trinajstić information content (AvgIpc) is 2.98. The largest absolute Gasteiger partial charge is 0.494 e. The summed E-state index contributed by atoms with van der Waals surface area (Å²) in [5, 5.41) is 17.7. The molecule has 0 saturated carbocycles. The zero-order valence-electron chi connectivity index (χ0n) is 13.9. The first-order chi connectivity index (χ1) is 11.3. The number of aliphatic hydroxyl groups is 1. The summed E-state index contributed by atoms with van der Waals surface area (Å²) in [4.78, 5) is 0. The Morgan fingerprint density at radius 3 is 2.65 bits per heavy atom. The van der Waals surface area contributed by atoms with E-state index in [0.717, 1.165) is 37.3 Å². The Bertz CT molecular complexity index is 555. The number of aromatic nitrogens is 3. The van der Waals surface area contributed by atoms with E-state index in [1.807, 2.05) is 35.0 Å². The lowest BCUT2D eigenvalue weighted by molar-refractivity contribution is 0.274. The van der Waals surface area contributed by atoms with Crippen molar-refractivity contribution >= 4 is 0 Å². The maximum absolute atomic E-state index is 9.43. The van der Waals surface area contributed by atoms with Crippen molar-refractivity contribution in [2.45, 2.75) is 58.6 Å². The smallest absolute Gasteiger partial charge is 0.119 e. The van der Waals surface area contributed by atoms with Crippen LogP contribution >= 0.6 is 0 Å². The van der Waals surface area contributed by atoms with Crippen LogP contribution in [0.2, 0.25) is 0 Å². The van der Waals surface area contributed by atoms with Gasteiger partial charge in [-0.3, -0.25) is 0 Å². The average molecular weight is 317 g/mol. The van der Waals surface area contributed by atoms with Crippen LogP contribution in [0.3, 0.4) is 0 Å². The summed E-state index contributed by atoms with van der Waals surface area (Å²) in [6.45, 7) is 3.68. The molecule has 2 rings (SSSR count). The van der Waals surface area contributed by atoms with Gasteiger partial charge >= 0.3 is 0 Å². The van der Waals surface area contributed by atoms with E-state index in [2.05, 4.69) is 17.2 Å². The molecule has 0 spiro atoms. The van der Waals surface area contributed by atoms with E-state index in [0.29, 0.717) is 12.3 Å². The number of para-hydroxylation sites is 1. The summed E-state index contributed by atoms with van der Waals surface area (Å²) in [6, 6.07) is 9.82. The summed E-state index contributed by atoms with van der Waals surface area (Å²) in [6.07, 6.45) is 6.50. The number of hydrogen-bond acceptors (Lipinski definition) is 4. The third kappa shape index (κ3) is 5.67. The zero-order valence-corrected chi connectivity index (χ0v) is 13.9. The summed E-state index contributed by atoms with van der Waals surface area (Å²) in [5.41, 5.74) is 1.74. The Kier molecular flexibility index (Phi) is 7.60. The molecular formula is C18H27N3O2. The molecule has 2 aromatic rings. The first-order valence-electron chi connectivity index (χ1n) is 8.55. The van der Waals surface area contributed by atoms with Crippen molar-refractivity contribution in [3.63, 3.8) is 0 Å². The van der Waals surface area contributed by atoms with E-state index in [1.54, 1.807) is 0 Å². The van der Waals surface area contributed by atoms with Gasteiger partial charge in [0.1, 0.15) is 11.4 Å². The molecule has 0 saturated heterocycles.